The molecule has 0 spiro atoms. The predicted molar refractivity (Wildman–Crippen MR) is 67.9 cm³/mol. The van der Waals surface area contributed by atoms with E-state index in [0.29, 0.717) is 6.54 Å². The first kappa shape index (κ1) is 12.1. The zero-order valence-corrected chi connectivity index (χ0v) is 9.97. The highest BCUT2D eigenvalue weighted by molar-refractivity contribution is 5.79. The third-order valence-corrected chi connectivity index (χ3v) is 2.95. The number of aliphatic hydroxyl groups is 1. The van der Waals surface area contributed by atoms with Gasteiger partial charge in [0.2, 0.25) is 0 Å². The minimum atomic E-state index is -0.377. The topological polar surface area (TPSA) is 53.8 Å². The van der Waals surface area contributed by atoms with Crippen molar-refractivity contribution in [3.8, 4) is 5.75 Å². The second-order valence-electron chi connectivity index (χ2n) is 4.18. The van der Waals surface area contributed by atoms with E-state index in [-0.39, 0.29) is 12.1 Å². The van der Waals surface area contributed by atoms with Gasteiger partial charge in [-0.15, -0.1) is 0 Å². The maximum absolute atomic E-state index is 9.73. The summed E-state index contributed by atoms with van der Waals surface area (Å²) in [6.07, 6.45) is 2.32. The van der Waals surface area contributed by atoms with Gasteiger partial charge >= 0.3 is 0 Å². The maximum Gasteiger partial charge on any atom is 0.118 e. The van der Waals surface area contributed by atoms with Crippen LogP contribution in [0.2, 0.25) is 0 Å². The Balaban J connectivity index is 1.98. The van der Waals surface area contributed by atoms with E-state index >= 15 is 0 Å². The molecule has 0 saturated carbocycles. The van der Waals surface area contributed by atoms with Crippen molar-refractivity contribution in [2.45, 2.75) is 18.6 Å². The van der Waals surface area contributed by atoms with E-state index in [1.807, 2.05) is 30.5 Å². The molecule has 1 saturated heterocycles. The molecule has 1 fully saturated rings. The average Bonchev–Trinajstić information content (AvgIpc) is 2.38. The molecule has 4 heteroatoms. The van der Waals surface area contributed by atoms with E-state index in [1.54, 1.807) is 7.11 Å². The number of aliphatic hydroxyl groups excluding tert-OH is 1. The first-order valence-corrected chi connectivity index (χ1v) is 5.85. The fraction of sp³-hybridized carbons (Fsp3) is 0.462. The van der Waals surface area contributed by atoms with Crippen LogP contribution in [-0.4, -0.2) is 43.7 Å². The van der Waals surface area contributed by atoms with Gasteiger partial charge in [-0.05, 0) is 42.8 Å². The van der Waals surface area contributed by atoms with E-state index in [1.165, 1.54) is 0 Å². The fourth-order valence-electron chi connectivity index (χ4n) is 1.87. The second-order valence-corrected chi connectivity index (χ2v) is 4.18. The zero-order chi connectivity index (χ0) is 12.1. The van der Waals surface area contributed by atoms with Crippen molar-refractivity contribution in [1.82, 2.24) is 5.32 Å². The van der Waals surface area contributed by atoms with Gasteiger partial charge in [0.25, 0.3) is 0 Å². The van der Waals surface area contributed by atoms with E-state index in [4.69, 9.17) is 4.74 Å². The standard InChI is InChI=1S/C13H18N2O2/c1-17-11-4-2-10(3-5-11)8-15-12-6-7-14-9-13(12)16/h2-5,8,12-14,16H,6-7,9H2,1H3/t12-,13-/m1/s1. The molecule has 0 radical (unpaired) electrons. The number of rotatable bonds is 3. The Morgan fingerprint density at radius 3 is 2.82 bits per heavy atom. The SMILES string of the molecule is COc1ccc(C=N[C@@H]2CCNC[C@H]2O)cc1. The lowest BCUT2D eigenvalue weighted by Gasteiger charge is -2.24. The number of aliphatic imine (C=N–C) groups is 1. The first-order valence-electron chi connectivity index (χ1n) is 5.85. The minimum absolute atomic E-state index is 0.0124. The number of benzene rings is 1. The number of piperidine rings is 1. The third kappa shape index (κ3) is 3.28. The lowest BCUT2D eigenvalue weighted by atomic mass is 10.0. The molecule has 0 unspecified atom stereocenters. The molecule has 4 nitrogen and oxygen atoms in total. The van der Waals surface area contributed by atoms with Crippen LogP contribution in [0, 0.1) is 0 Å². The maximum atomic E-state index is 9.73. The summed E-state index contributed by atoms with van der Waals surface area (Å²) in [5.74, 6) is 0.837. The van der Waals surface area contributed by atoms with Crippen molar-refractivity contribution in [1.29, 1.82) is 0 Å². The van der Waals surface area contributed by atoms with Crippen LogP contribution in [0.4, 0.5) is 0 Å². The Morgan fingerprint density at radius 2 is 2.18 bits per heavy atom. The van der Waals surface area contributed by atoms with Gasteiger partial charge in [-0.3, -0.25) is 4.99 Å². The number of hydrogen-bond donors (Lipinski definition) is 2. The zero-order valence-electron chi connectivity index (χ0n) is 9.97. The lowest BCUT2D eigenvalue weighted by molar-refractivity contribution is 0.122. The van der Waals surface area contributed by atoms with Gasteiger partial charge in [0.1, 0.15) is 5.75 Å². The monoisotopic (exact) mass is 234 g/mol. The summed E-state index contributed by atoms with van der Waals surface area (Å²) in [4.78, 5) is 4.43. The summed E-state index contributed by atoms with van der Waals surface area (Å²) in [6, 6.07) is 7.73. The number of nitrogens with one attached hydrogen (secondary N) is 1. The van der Waals surface area contributed by atoms with Crippen molar-refractivity contribution in [3.05, 3.63) is 29.8 Å². The number of hydrogen-bond acceptors (Lipinski definition) is 4. The van der Waals surface area contributed by atoms with Crippen LogP contribution in [0.5, 0.6) is 5.75 Å². The molecule has 2 N–H and O–H groups in total. The molecule has 2 rings (SSSR count). The van der Waals surface area contributed by atoms with E-state index in [9.17, 15) is 5.11 Å². The second kappa shape index (κ2) is 5.80. The summed E-state index contributed by atoms with van der Waals surface area (Å²) in [6.45, 7) is 1.55. The largest absolute Gasteiger partial charge is 0.497 e. The molecule has 1 heterocycles. The molecule has 2 atom stereocenters. The first-order chi connectivity index (χ1) is 8.29. The molecule has 17 heavy (non-hydrogen) atoms. The van der Waals surface area contributed by atoms with E-state index < -0.39 is 0 Å². The molecule has 0 bridgehead atoms. The molecule has 1 aliphatic rings. The van der Waals surface area contributed by atoms with Crippen LogP contribution in [0.3, 0.4) is 0 Å². The van der Waals surface area contributed by atoms with Gasteiger partial charge < -0.3 is 15.2 Å². The Labute approximate surface area is 101 Å². The number of β-amino-alcohol motifs (C(OH)–C–C–N with tert-alkyl or cyclic N) is 1. The number of nitrogens with zero attached hydrogens (tertiary/aromatic N) is 1. The summed E-state index contributed by atoms with van der Waals surface area (Å²) in [5, 5.41) is 12.9. The molecule has 0 amide bonds. The lowest BCUT2D eigenvalue weighted by Crippen LogP contribution is -2.43. The van der Waals surface area contributed by atoms with Gasteiger partial charge in [0, 0.05) is 12.8 Å². The van der Waals surface area contributed by atoms with Crippen molar-refractivity contribution in [2.75, 3.05) is 20.2 Å². The minimum Gasteiger partial charge on any atom is -0.497 e. The predicted octanol–water partition coefficient (Wildman–Crippen LogP) is 0.837. The third-order valence-electron chi connectivity index (χ3n) is 2.95. The summed E-state index contributed by atoms with van der Waals surface area (Å²) in [5.41, 5.74) is 1.02. The van der Waals surface area contributed by atoms with Gasteiger partial charge in [0.05, 0.1) is 19.3 Å². The molecular formula is C13H18N2O2. The number of ether oxygens (including phenoxy) is 1. The summed E-state index contributed by atoms with van der Waals surface area (Å²) in [7, 11) is 1.65. The Morgan fingerprint density at radius 1 is 1.41 bits per heavy atom. The van der Waals surface area contributed by atoms with Gasteiger partial charge in [-0.1, -0.05) is 0 Å². The smallest absolute Gasteiger partial charge is 0.118 e. The fourth-order valence-corrected chi connectivity index (χ4v) is 1.87. The molecule has 92 valence electrons. The highest BCUT2D eigenvalue weighted by Gasteiger charge is 2.20. The Bertz CT molecular complexity index is 376. The quantitative estimate of drug-likeness (QED) is 0.762. The summed E-state index contributed by atoms with van der Waals surface area (Å²) < 4.78 is 5.09. The van der Waals surface area contributed by atoms with Gasteiger partial charge in [-0.2, -0.15) is 0 Å². The molecule has 1 aliphatic heterocycles. The van der Waals surface area contributed by atoms with Crippen LogP contribution in [0.15, 0.2) is 29.3 Å². The van der Waals surface area contributed by atoms with Crippen molar-refractivity contribution < 1.29 is 9.84 Å². The van der Waals surface area contributed by atoms with Crippen molar-refractivity contribution in [3.63, 3.8) is 0 Å². The van der Waals surface area contributed by atoms with Gasteiger partial charge in [0.15, 0.2) is 0 Å². The Hall–Kier alpha value is -1.39. The van der Waals surface area contributed by atoms with E-state index in [2.05, 4.69) is 10.3 Å². The molecule has 1 aromatic rings. The molecule has 0 aliphatic carbocycles. The molecule has 0 aromatic heterocycles. The normalized spacial score (nSPS) is 25.1. The van der Waals surface area contributed by atoms with E-state index in [0.717, 1.165) is 24.3 Å². The van der Waals surface area contributed by atoms with Crippen molar-refractivity contribution in [2.24, 2.45) is 4.99 Å². The highest BCUT2D eigenvalue weighted by Crippen LogP contribution is 2.11. The average molecular weight is 234 g/mol. The van der Waals surface area contributed by atoms with Crippen LogP contribution in [-0.2, 0) is 0 Å². The Kier molecular flexibility index (Phi) is 4.12. The highest BCUT2D eigenvalue weighted by atomic mass is 16.5. The van der Waals surface area contributed by atoms with Crippen LogP contribution < -0.4 is 10.1 Å². The van der Waals surface area contributed by atoms with Crippen LogP contribution in [0.25, 0.3) is 0 Å². The van der Waals surface area contributed by atoms with Crippen molar-refractivity contribution >= 4 is 6.21 Å². The van der Waals surface area contributed by atoms with Crippen LogP contribution >= 0.6 is 0 Å². The van der Waals surface area contributed by atoms with Gasteiger partial charge in [-0.25, -0.2) is 0 Å². The molecular weight excluding hydrogens is 216 g/mol. The van der Waals surface area contributed by atoms with Crippen LogP contribution in [0.1, 0.15) is 12.0 Å². The molecule has 1 aromatic carbocycles. The number of methoxy groups -OCH3 is 1. The summed E-state index contributed by atoms with van der Waals surface area (Å²) >= 11 is 0.